The van der Waals surface area contributed by atoms with Crippen LogP contribution >= 0.6 is 11.3 Å². The summed E-state index contributed by atoms with van der Waals surface area (Å²) in [5.74, 6) is -4.14. The molecule has 0 aliphatic carbocycles. The molecule has 0 fully saturated rings. The number of carbonyl (C=O) groups is 6. The third kappa shape index (κ3) is 11.3. The van der Waals surface area contributed by atoms with Gasteiger partial charge in [0.05, 0.1) is 0 Å². The van der Waals surface area contributed by atoms with Crippen LogP contribution in [-0.2, 0) is 54.5 Å². The highest BCUT2D eigenvalue weighted by Crippen LogP contribution is 2.21. The van der Waals surface area contributed by atoms with Crippen LogP contribution in [0.15, 0.2) is 127 Å². The Kier molecular flexibility index (Phi) is 13.8. The third-order valence-corrected chi connectivity index (χ3v) is 10.9. The van der Waals surface area contributed by atoms with E-state index in [4.69, 9.17) is 0 Å². The Morgan fingerprint density at radius 2 is 1.29 bits per heavy atom. The number of carboxylic acid groups (broad SMARTS) is 1. The molecule has 12 nitrogen and oxygen atoms in total. The van der Waals surface area contributed by atoms with Crippen LogP contribution in [0.1, 0.15) is 34.4 Å². The summed E-state index contributed by atoms with van der Waals surface area (Å²) < 4.78 is 0. The number of carboxylic acids is 1. The van der Waals surface area contributed by atoms with Crippen molar-refractivity contribution in [2.75, 3.05) is 12.4 Å². The first-order valence-electron chi connectivity index (χ1n) is 19.0. The Morgan fingerprint density at radius 3 is 1.95 bits per heavy atom. The van der Waals surface area contributed by atoms with Crippen molar-refractivity contribution in [3.8, 4) is 11.1 Å². The van der Waals surface area contributed by atoms with E-state index < -0.39 is 59.7 Å². The van der Waals surface area contributed by atoms with Crippen LogP contribution in [0.3, 0.4) is 0 Å². The summed E-state index contributed by atoms with van der Waals surface area (Å²) in [7, 11) is 1.46. The van der Waals surface area contributed by atoms with Crippen LogP contribution in [0.4, 0.5) is 5.69 Å². The van der Waals surface area contributed by atoms with E-state index in [0.29, 0.717) is 11.3 Å². The summed E-state index contributed by atoms with van der Waals surface area (Å²) in [5.41, 5.74) is 4.44. The van der Waals surface area contributed by atoms with Gasteiger partial charge in [0.25, 0.3) is 0 Å². The molecular formula is C45H45N5O7S. The molecule has 2 aliphatic heterocycles. The van der Waals surface area contributed by atoms with E-state index in [1.807, 2.05) is 90.3 Å². The first-order chi connectivity index (χ1) is 28.0. The normalized spacial score (nSPS) is 19.9. The van der Waals surface area contributed by atoms with Crippen molar-refractivity contribution in [2.45, 2.75) is 62.7 Å². The SMILES string of the molecule is CN1C(=O)[C@H](Cc2ccc(-c3ccccc3)cc2)NC(=O)[C@@H](Cc2cccs2)NC(=O)CCC(=O)Nc2ccc(cc2)C[C@@H](C(=O)O)NC(=O)[C@H]1Cc1ccccc1. The van der Waals surface area contributed by atoms with E-state index in [1.54, 1.807) is 36.4 Å². The van der Waals surface area contributed by atoms with Gasteiger partial charge in [-0.25, -0.2) is 4.79 Å². The number of benzene rings is 4. The molecule has 0 radical (unpaired) electrons. The molecular weight excluding hydrogens is 755 g/mol. The lowest BCUT2D eigenvalue weighted by Gasteiger charge is -2.32. The second-order valence-corrected chi connectivity index (χ2v) is 15.3. The number of fused-ring (bicyclic) bond motifs is 18. The van der Waals surface area contributed by atoms with Crippen molar-refractivity contribution in [3.05, 3.63) is 148 Å². The molecule has 0 saturated carbocycles. The highest BCUT2D eigenvalue weighted by molar-refractivity contribution is 7.09. The number of carbonyl (C=O) groups excluding carboxylic acids is 5. The van der Waals surface area contributed by atoms with Crippen LogP contribution in [0.25, 0.3) is 11.1 Å². The maximum Gasteiger partial charge on any atom is 0.326 e. The van der Waals surface area contributed by atoms with E-state index in [-0.39, 0.29) is 38.5 Å². The topological polar surface area (TPSA) is 174 Å². The maximum atomic E-state index is 14.7. The maximum absolute atomic E-state index is 14.7. The van der Waals surface area contributed by atoms with E-state index in [0.717, 1.165) is 27.1 Å². The number of amides is 5. The zero-order valence-corrected chi connectivity index (χ0v) is 32.7. The molecule has 0 saturated heterocycles. The van der Waals surface area contributed by atoms with Gasteiger partial charge in [0.15, 0.2) is 0 Å². The van der Waals surface area contributed by atoms with Crippen molar-refractivity contribution in [1.82, 2.24) is 20.9 Å². The van der Waals surface area contributed by atoms with Crippen molar-refractivity contribution < 1.29 is 33.9 Å². The lowest BCUT2D eigenvalue weighted by molar-refractivity contribution is -0.145. The average molecular weight is 800 g/mol. The van der Waals surface area contributed by atoms with Gasteiger partial charge in [-0.15, -0.1) is 11.3 Å². The summed E-state index contributed by atoms with van der Waals surface area (Å²) in [5, 5.41) is 23.1. The number of hydrogen-bond acceptors (Lipinski definition) is 7. The average Bonchev–Trinajstić information content (AvgIpc) is 3.75. The Labute approximate surface area is 340 Å². The largest absolute Gasteiger partial charge is 0.480 e. The Hall–Kier alpha value is -6.60. The molecule has 5 N–H and O–H groups in total. The number of thiophene rings is 1. The fraction of sp³-hybridized carbons (Fsp3) is 0.244. The predicted octanol–water partition coefficient (Wildman–Crippen LogP) is 4.78. The highest BCUT2D eigenvalue weighted by atomic mass is 32.1. The quantitative estimate of drug-likeness (QED) is 0.141. The fourth-order valence-electron chi connectivity index (χ4n) is 6.80. The van der Waals surface area contributed by atoms with E-state index >= 15 is 0 Å². The molecule has 5 amide bonds. The molecule has 1 aromatic heterocycles. The molecule has 298 valence electrons. The highest BCUT2D eigenvalue weighted by Gasteiger charge is 2.36. The molecule has 58 heavy (non-hydrogen) atoms. The van der Waals surface area contributed by atoms with E-state index in [9.17, 15) is 33.9 Å². The lowest BCUT2D eigenvalue weighted by Crippen LogP contribution is -2.59. The van der Waals surface area contributed by atoms with E-state index in [2.05, 4.69) is 21.3 Å². The van der Waals surface area contributed by atoms with Gasteiger partial charge >= 0.3 is 5.97 Å². The van der Waals surface area contributed by atoms with Gasteiger partial charge in [0.2, 0.25) is 29.5 Å². The van der Waals surface area contributed by atoms with Gasteiger partial charge in [-0.05, 0) is 51.4 Å². The predicted molar refractivity (Wildman–Crippen MR) is 222 cm³/mol. The van der Waals surface area contributed by atoms with Crippen molar-refractivity contribution in [3.63, 3.8) is 0 Å². The smallest absolute Gasteiger partial charge is 0.326 e. The summed E-state index contributed by atoms with van der Waals surface area (Å²) >= 11 is 1.41. The summed E-state index contributed by atoms with van der Waals surface area (Å²) in [6.45, 7) is 0. The van der Waals surface area contributed by atoms with Gasteiger partial charge in [-0.3, -0.25) is 24.0 Å². The zero-order chi connectivity index (χ0) is 41.0. The van der Waals surface area contributed by atoms with Crippen molar-refractivity contribution in [2.24, 2.45) is 0 Å². The molecule has 7 rings (SSSR count). The summed E-state index contributed by atoms with van der Waals surface area (Å²) in [6, 6.07) is 31.8. The molecule has 0 unspecified atom stereocenters. The molecule has 2 bridgehead atoms. The number of hydrogen-bond donors (Lipinski definition) is 5. The minimum Gasteiger partial charge on any atom is -0.480 e. The minimum atomic E-state index is -1.35. The monoisotopic (exact) mass is 799 g/mol. The number of anilines is 1. The van der Waals surface area contributed by atoms with Crippen LogP contribution < -0.4 is 21.3 Å². The number of rotatable bonds is 8. The zero-order valence-electron chi connectivity index (χ0n) is 31.9. The van der Waals surface area contributed by atoms with E-state index in [1.165, 1.54) is 23.3 Å². The number of likely N-dealkylation sites (N-methyl/N-ethyl adjacent to an activating group) is 1. The third-order valence-electron chi connectivity index (χ3n) is 10.0. The fourth-order valence-corrected chi connectivity index (χ4v) is 7.55. The van der Waals surface area contributed by atoms with Crippen LogP contribution in [-0.4, -0.2) is 76.7 Å². The second kappa shape index (κ2) is 19.5. The van der Waals surface area contributed by atoms with Gasteiger partial charge in [-0.1, -0.05) is 103 Å². The number of aliphatic carboxylic acids is 1. The first-order valence-corrected chi connectivity index (χ1v) is 19.9. The minimum absolute atomic E-state index is 0.0388. The standard InChI is InChI=1S/C45H45N5O7S/c1-50-39(27-29-9-4-2-5-10-29)43(54)49-38(45(56)57)26-31-16-20-34(21-17-31)46-40(51)22-23-41(52)47-36(28-35-13-8-24-58-35)42(53)48-37(44(50)55)25-30-14-18-33(19-15-30)32-11-6-3-7-12-32/h2-21,24,36-39H,22-23,25-28H2,1H3,(H,46,51)(H,47,52)(H,48,53)(H,49,54)(H,56,57)/t36-,37+,38+,39-/m1/s1. The molecule has 4 aromatic carbocycles. The molecule has 0 spiro atoms. The van der Waals surface area contributed by atoms with Crippen LogP contribution in [0.2, 0.25) is 0 Å². The van der Waals surface area contributed by atoms with Crippen molar-refractivity contribution >= 4 is 52.5 Å². The Morgan fingerprint density at radius 1 is 0.655 bits per heavy atom. The van der Waals surface area contributed by atoms with Gasteiger partial charge in [0, 0.05) is 56.1 Å². The number of nitrogens with one attached hydrogen (secondary N) is 4. The van der Waals surface area contributed by atoms with Gasteiger partial charge in [-0.2, -0.15) is 0 Å². The first kappa shape index (κ1) is 41.0. The van der Waals surface area contributed by atoms with Crippen LogP contribution in [0.5, 0.6) is 0 Å². The molecule has 4 atom stereocenters. The van der Waals surface area contributed by atoms with Gasteiger partial charge < -0.3 is 31.3 Å². The van der Waals surface area contributed by atoms with Crippen molar-refractivity contribution in [1.29, 1.82) is 0 Å². The summed E-state index contributed by atoms with van der Waals surface area (Å²) in [4.78, 5) is 83.9. The molecule has 5 aromatic rings. The molecule has 2 aliphatic rings. The Bertz CT molecular complexity index is 2200. The van der Waals surface area contributed by atoms with Gasteiger partial charge in [0.1, 0.15) is 24.2 Å². The Balaban J connectivity index is 1.37. The van der Waals surface area contributed by atoms with Crippen LogP contribution in [0, 0.1) is 0 Å². The lowest BCUT2D eigenvalue weighted by atomic mass is 9.98. The molecule has 13 heteroatoms. The molecule has 3 heterocycles. The summed E-state index contributed by atoms with van der Waals surface area (Å²) in [6.07, 6.45) is -0.218. The number of nitrogens with zero attached hydrogens (tertiary/aromatic N) is 1. The second-order valence-electron chi connectivity index (χ2n) is 14.2.